The lowest BCUT2D eigenvalue weighted by molar-refractivity contribution is -0.134. The highest BCUT2D eigenvalue weighted by atomic mass is 16.2. The average molecular weight is 252 g/mol. The SMILES string of the molecule is CCN(C(=O)CCC1CCCC1)C1CCNCC1. The van der Waals surface area contributed by atoms with Crippen LogP contribution in [0.15, 0.2) is 0 Å². The van der Waals surface area contributed by atoms with Crippen LogP contribution in [0.2, 0.25) is 0 Å². The minimum Gasteiger partial charge on any atom is -0.340 e. The molecular weight excluding hydrogens is 224 g/mol. The molecule has 0 aromatic rings. The van der Waals surface area contributed by atoms with Crippen LogP contribution in [-0.2, 0) is 4.79 Å². The first-order valence-corrected chi connectivity index (χ1v) is 7.81. The van der Waals surface area contributed by atoms with Crippen LogP contribution in [-0.4, -0.2) is 36.5 Å². The van der Waals surface area contributed by atoms with Gasteiger partial charge in [0.15, 0.2) is 0 Å². The maximum Gasteiger partial charge on any atom is 0.222 e. The van der Waals surface area contributed by atoms with Crippen molar-refractivity contribution in [1.82, 2.24) is 10.2 Å². The van der Waals surface area contributed by atoms with Gasteiger partial charge in [0.25, 0.3) is 0 Å². The summed E-state index contributed by atoms with van der Waals surface area (Å²) >= 11 is 0. The second-order valence-electron chi connectivity index (χ2n) is 5.85. The van der Waals surface area contributed by atoms with Gasteiger partial charge in [0, 0.05) is 19.0 Å². The Morgan fingerprint density at radius 3 is 2.44 bits per heavy atom. The van der Waals surface area contributed by atoms with Crippen LogP contribution < -0.4 is 5.32 Å². The maximum absolute atomic E-state index is 12.3. The third-order valence-electron chi connectivity index (χ3n) is 4.65. The fourth-order valence-electron chi connectivity index (χ4n) is 3.53. The fourth-order valence-corrected chi connectivity index (χ4v) is 3.53. The molecule has 0 aromatic carbocycles. The predicted octanol–water partition coefficient (Wildman–Crippen LogP) is 2.56. The van der Waals surface area contributed by atoms with Crippen LogP contribution in [0.3, 0.4) is 0 Å². The van der Waals surface area contributed by atoms with Gasteiger partial charge in [0.2, 0.25) is 5.91 Å². The van der Waals surface area contributed by atoms with E-state index in [9.17, 15) is 4.79 Å². The lowest BCUT2D eigenvalue weighted by atomic mass is 10.00. The number of hydrogen-bond donors (Lipinski definition) is 1. The van der Waals surface area contributed by atoms with Crippen LogP contribution in [0.5, 0.6) is 0 Å². The summed E-state index contributed by atoms with van der Waals surface area (Å²) in [7, 11) is 0. The van der Waals surface area contributed by atoms with Gasteiger partial charge in [-0.15, -0.1) is 0 Å². The molecule has 2 rings (SSSR count). The number of carbonyl (C=O) groups is 1. The van der Waals surface area contributed by atoms with Crippen molar-refractivity contribution < 1.29 is 4.79 Å². The summed E-state index contributed by atoms with van der Waals surface area (Å²) in [6.45, 7) is 5.14. The molecular formula is C15H28N2O. The molecule has 1 saturated carbocycles. The molecule has 3 nitrogen and oxygen atoms in total. The molecule has 2 fully saturated rings. The number of hydrogen-bond acceptors (Lipinski definition) is 2. The van der Waals surface area contributed by atoms with E-state index in [1.807, 2.05) is 0 Å². The number of amides is 1. The topological polar surface area (TPSA) is 32.3 Å². The van der Waals surface area contributed by atoms with Crippen molar-refractivity contribution in [2.75, 3.05) is 19.6 Å². The summed E-state index contributed by atoms with van der Waals surface area (Å²) in [6, 6.07) is 0.493. The van der Waals surface area contributed by atoms with Gasteiger partial charge in [-0.05, 0) is 45.2 Å². The van der Waals surface area contributed by atoms with Gasteiger partial charge in [-0.25, -0.2) is 0 Å². The normalized spacial score (nSPS) is 22.3. The summed E-state index contributed by atoms with van der Waals surface area (Å²) in [5, 5.41) is 3.37. The van der Waals surface area contributed by atoms with Crippen molar-refractivity contribution in [1.29, 1.82) is 0 Å². The number of piperidine rings is 1. The van der Waals surface area contributed by atoms with Crippen LogP contribution >= 0.6 is 0 Å². The molecule has 3 heteroatoms. The second kappa shape index (κ2) is 7.13. The Hall–Kier alpha value is -0.570. The molecule has 0 bridgehead atoms. The molecule has 1 aliphatic heterocycles. The van der Waals surface area contributed by atoms with Crippen LogP contribution in [0.1, 0.15) is 58.3 Å². The third-order valence-corrected chi connectivity index (χ3v) is 4.65. The monoisotopic (exact) mass is 252 g/mol. The molecule has 1 saturated heterocycles. The molecule has 18 heavy (non-hydrogen) atoms. The van der Waals surface area contributed by atoms with E-state index in [0.717, 1.165) is 51.2 Å². The molecule has 104 valence electrons. The number of carbonyl (C=O) groups excluding carboxylic acids is 1. The molecule has 0 radical (unpaired) electrons. The van der Waals surface area contributed by atoms with E-state index >= 15 is 0 Å². The Kier molecular flexibility index (Phi) is 5.48. The first kappa shape index (κ1) is 13.9. The van der Waals surface area contributed by atoms with Crippen LogP contribution in [0.25, 0.3) is 0 Å². The molecule has 0 unspecified atom stereocenters. The smallest absolute Gasteiger partial charge is 0.222 e. The zero-order valence-corrected chi connectivity index (χ0v) is 11.8. The van der Waals surface area contributed by atoms with Crippen molar-refractivity contribution in [3.05, 3.63) is 0 Å². The Morgan fingerprint density at radius 2 is 1.83 bits per heavy atom. The van der Waals surface area contributed by atoms with E-state index < -0.39 is 0 Å². The zero-order valence-electron chi connectivity index (χ0n) is 11.8. The molecule has 1 heterocycles. The van der Waals surface area contributed by atoms with E-state index in [4.69, 9.17) is 0 Å². The summed E-state index contributed by atoms with van der Waals surface area (Å²) in [4.78, 5) is 14.5. The molecule has 1 aliphatic carbocycles. The van der Waals surface area contributed by atoms with Crippen molar-refractivity contribution in [3.8, 4) is 0 Å². The highest BCUT2D eigenvalue weighted by Gasteiger charge is 2.24. The molecule has 1 N–H and O–H groups in total. The van der Waals surface area contributed by atoms with Crippen LogP contribution in [0, 0.1) is 5.92 Å². The van der Waals surface area contributed by atoms with Crippen molar-refractivity contribution in [3.63, 3.8) is 0 Å². The van der Waals surface area contributed by atoms with Gasteiger partial charge in [0.05, 0.1) is 0 Å². The van der Waals surface area contributed by atoms with Gasteiger partial charge in [-0.2, -0.15) is 0 Å². The quantitative estimate of drug-likeness (QED) is 0.815. The van der Waals surface area contributed by atoms with E-state index in [-0.39, 0.29) is 0 Å². The standard InChI is InChI=1S/C15H28N2O/c1-2-17(14-9-11-16-12-10-14)15(18)8-7-13-5-3-4-6-13/h13-14,16H,2-12H2,1H3. The number of nitrogens with zero attached hydrogens (tertiary/aromatic N) is 1. The largest absolute Gasteiger partial charge is 0.340 e. The molecule has 0 aromatic heterocycles. The average Bonchev–Trinajstić information content (AvgIpc) is 2.92. The Balaban J connectivity index is 1.76. The third kappa shape index (κ3) is 3.71. The van der Waals surface area contributed by atoms with Gasteiger partial charge in [-0.1, -0.05) is 25.7 Å². The lowest BCUT2D eigenvalue weighted by Gasteiger charge is -2.34. The number of rotatable bonds is 5. The highest BCUT2D eigenvalue weighted by Crippen LogP contribution is 2.29. The van der Waals surface area contributed by atoms with E-state index in [2.05, 4.69) is 17.1 Å². The molecule has 0 atom stereocenters. The van der Waals surface area contributed by atoms with Gasteiger partial charge in [0.1, 0.15) is 0 Å². The second-order valence-corrected chi connectivity index (χ2v) is 5.85. The number of nitrogens with one attached hydrogen (secondary N) is 1. The zero-order chi connectivity index (χ0) is 12.8. The first-order chi connectivity index (χ1) is 8.81. The summed E-state index contributed by atoms with van der Waals surface area (Å²) < 4.78 is 0. The lowest BCUT2D eigenvalue weighted by Crippen LogP contribution is -2.46. The van der Waals surface area contributed by atoms with Crippen molar-refractivity contribution >= 4 is 5.91 Å². The highest BCUT2D eigenvalue weighted by molar-refractivity contribution is 5.76. The minimum absolute atomic E-state index is 0.399. The van der Waals surface area contributed by atoms with Gasteiger partial charge >= 0.3 is 0 Å². The van der Waals surface area contributed by atoms with E-state index in [1.54, 1.807) is 0 Å². The predicted molar refractivity (Wildman–Crippen MR) is 74.5 cm³/mol. The van der Waals surface area contributed by atoms with Crippen LogP contribution in [0.4, 0.5) is 0 Å². The Morgan fingerprint density at radius 1 is 1.17 bits per heavy atom. The van der Waals surface area contributed by atoms with E-state index in [0.29, 0.717) is 11.9 Å². The molecule has 0 spiro atoms. The Labute approximate surface area is 111 Å². The minimum atomic E-state index is 0.399. The van der Waals surface area contributed by atoms with Gasteiger partial charge in [-0.3, -0.25) is 4.79 Å². The summed E-state index contributed by atoms with van der Waals surface area (Å²) in [5.41, 5.74) is 0. The molecule has 2 aliphatic rings. The van der Waals surface area contributed by atoms with Gasteiger partial charge < -0.3 is 10.2 Å². The maximum atomic E-state index is 12.3. The van der Waals surface area contributed by atoms with Crippen molar-refractivity contribution in [2.24, 2.45) is 5.92 Å². The fraction of sp³-hybridized carbons (Fsp3) is 0.933. The first-order valence-electron chi connectivity index (χ1n) is 7.81. The summed E-state index contributed by atoms with van der Waals surface area (Å²) in [6.07, 6.45) is 9.63. The van der Waals surface area contributed by atoms with E-state index in [1.165, 1.54) is 25.7 Å². The van der Waals surface area contributed by atoms with Crippen molar-refractivity contribution in [2.45, 2.75) is 64.3 Å². The summed E-state index contributed by atoms with van der Waals surface area (Å²) in [5.74, 6) is 1.23. The Bertz CT molecular complexity index is 255. The molecule has 1 amide bonds.